The van der Waals surface area contributed by atoms with Crippen LogP contribution in [0.15, 0.2) is 176 Å². The van der Waals surface area contributed by atoms with Gasteiger partial charge in [-0.15, -0.1) is 0 Å². The summed E-state index contributed by atoms with van der Waals surface area (Å²) < 4.78 is 0. The van der Waals surface area contributed by atoms with Crippen LogP contribution in [0.3, 0.4) is 0 Å². The van der Waals surface area contributed by atoms with Crippen LogP contribution >= 0.6 is 0 Å². The van der Waals surface area contributed by atoms with Crippen LogP contribution in [0.25, 0.3) is 110 Å². The lowest BCUT2D eigenvalue weighted by molar-refractivity contribution is 1.18. The topological polar surface area (TPSA) is 38.7 Å². The van der Waals surface area contributed by atoms with Crippen molar-refractivity contribution < 1.29 is 0 Å². The number of rotatable bonds is 4. The summed E-state index contributed by atoms with van der Waals surface area (Å²) in [5.41, 5.74) is 7.46. The van der Waals surface area contributed by atoms with Crippen molar-refractivity contribution in [3.8, 4) is 45.0 Å². The van der Waals surface area contributed by atoms with Gasteiger partial charge < -0.3 is 0 Å². The Bertz CT molecular complexity index is 3150. The molecule has 0 radical (unpaired) electrons. The molecular weight excluding hydrogens is 631 g/mol. The van der Waals surface area contributed by atoms with Gasteiger partial charge in [0.05, 0.1) is 23.3 Å². The lowest BCUT2D eigenvalue weighted by Gasteiger charge is -2.17. The minimum absolute atomic E-state index is 0.740. The van der Waals surface area contributed by atoms with Crippen LogP contribution in [0.4, 0.5) is 0 Å². The molecule has 0 fully saturated rings. The Morgan fingerprint density at radius 1 is 0.288 bits per heavy atom. The van der Waals surface area contributed by atoms with Gasteiger partial charge in [-0.3, -0.25) is 9.97 Å². The minimum atomic E-state index is 0.740. The normalized spacial score (nSPS) is 11.8. The smallest absolute Gasteiger partial charge is 0.108 e. The first-order chi connectivity index (χ1) is 25.8. The fraction of sp³-hybridized carbons (Fsp3) is 0. The molecule has 3 heteroatoms. The highest BCUT2D eigenvalue weighted by Crippen LogP contribution is 2.44. The first-order valence-corrected chi connectivity index (χ1v) is 17.7. The average Bonchev–Trinajstić information content (AvgIpc) is 3.22. The van der Waals surface area contributed by atoms with Gasteiger partial charge in [-0.1, -0.05) is 146 Å². The van der Waals surface area contributed by atoms with Gasteiger partial charge in [-0.05, 0) is 88.4 Å². The summed E-state index contributed by atoms with van der Waals surface area (Å²) in [7, 11) is 0. The van der Waals surface area contributed by atoms with Crippen LogP contribution in [0.5, 0.6) is 0 Å². The molecule has 2 heterocycles. The van der Waals surface area contributed by atoms with E-state index in [4.69, 9.17) is 15.0 Å². The molecule has 11 aromatic rings. The summed E-state index contributed by atoms with van der Waals surface area (Å²) >= 11 is 0. The third-order valence-electron chi connectivity index (χ3n) is 10.7. The van der Waals surface area contributed by atoms with Crippen molar-refractivity contribution in [2.75, 3.05) is 0 Å². The zero-order chi connectivity index (χ0) is 34.2. The van der Waals surface area contributed by atoms with Gasteiger partial charge in [0.15, 0.2) is 0 Å². The van der Waals surface area contributed by atoms with E-state index in [2.05, 4.69) is 127 Å². The summed E-state index contributed by atoms with van der Waals surface area (Å²) in [6, 6.07) is 58.7. The van der Waals surface area contributed by atoms with Crippen LogP contribution in [-0.4, -0.2) is 15.0 Å². The Morgan fingerprint density at radius 3 is 1.40 bits per heavy atom. The molecule has 0 bridgehead atoms. The number of pyridine rings is 1. The summed E-state index contributed by atoms with van der Waals surface area (Å²) in [4.78, 5) is 15.1. The van der Waals surface area contributed by atoms with E-state index in [0.29, 0.717) is 0 Å². The molecule has 3 nitrogen and oxygen atoms in total. The molecule has 0 aliphatic carbocycles. The van der Waals surface area contributed by atoms with Crippen molar-refractivity contribution in [1.82, 2.24) is 15.0 Å². The van der Waals surface area contributed by atoms with Gasteiger partial charge in [-0.2, -0.15) is 0 Å². The van der Waals surface area contributed by atoms with E-state index >= 15 is 0 Å². The third-order valence-corrected chi connectivity index (χ3v) is 10.7. The number of fused-ring (bicyclic) bond motifs is 2. The van der Waals surface area contributed by atoms with Gasteiger partial charge in [0.1, 0.15) is 5.69 Å². The second-order valence-electron chi connectivity index (χ2n) is 13.6. The summed E-state index contributed by atoms with van der Waals surface area (Å²) in [6.07, 6.45) is 3.81. The Labute approximate surface area is 299 Å². The second kappa shape index (κ2) is 11.3. The predicted octanol–water partition coefficient (Wildman–Crippen LogP) is 12.9. The van der Waals surface area contributed by atoms with Crippen molar-refractivity contribution in [3.63, 3.8) is 0 Å². The molecule has 0 atom stereocenters. The molecule has 9 aromatic carbocycles. The number of nitrogens with zero attached hydrogens (tertiary/aromatic N) is 3. The van der Waals surface area contributed by atoms with E-state index in [0.717, 1.165) is 45.0 Å². The molecule has 2 aromatic heterocycles. The monoisotopic (exact) mass is 659 g/mol. The van der Waals surface area contributed by atoms with Crippen LogP contribution < -0.4 is 0 Å². The van der Waals surface area contributed by atoms with E-state index in [1.807, 2.05) is 48.8 Å². The predicted molar refractivity (Wildman–Crippen MR) is 218 cm³/mol. The lowest BCUT2D eigenvalue weighted by atomic mass is 9.86. The number of aromatic nitrogens is 3. The molecule has 52 heavy (non-hydrogen) atoms. The molecule has 0 spiro atoms. The summed E-state index contributed by atoms with van der Waals surface area (Å²) in [5.74, 6) is 0. The largest absolute Gasteiger partial charge is 0.254 e. The number of benzene rings is 8. The first kappa shape index (κ1) is 28.8. The standard InChI is InChI=1S/C49H29N3/c1-3-10-33(11-4-1)48-49(34-12-5-2-6-13-34)52-43(29-51-48)42-25-24-36(28-50-42)37-26-35-23-22-32-15-8-18-39-38-17-7-14-30-20-21-31-16-9-19-40(46(31)44(30)38)41(27-37)47(35)45(32)39/h1-29H. The quantitative estimate of drug-likeness (QED) is 0.177. The van der Waals surface area contributed by atoms with E-state index in [1.54, 1.807) is 0 Å². The van der Waals surface area contributed by atoms with E-state index in [1.165, 1.54) is 64.6 Å². The van der Waals surface area contributed by atoms with Crippen LogP contribution in [0, 0.1) is 0 Å². The van der Waals surface area contributed by atoms with Crippen molar-refractivity contribution in [3.05, 3.63) is 176 Å². The van der Waals surface area contributed by atoms with Gasteiger partial charge in [-0.25, -0.2) is 4.98 Å². The molecule has 0 N–H and O–H groups in total. The zero-order valence-corrected chi connectivity index (χ0v) is 28.1. The van der Waals surface area contributed by atoms with Crippen molar-refractivity contribution in [2.24, 2.45) is 0 Å². The second-order valence-corrected chi connectivity index (χ2v) is 13.6. The highest BCUT2D eigenvalue weighted by atomic mass is 14.9. The Balaban J connectivity index is 1.12. The maximum Gasteiger partial charge on any atom is 0.108 e. The van der Waals surface area contributed by atoms with Crippen LogP contribution in [0.2, 0.25) is 0 Å². The molecular formula is C49H29N3. The lowest BCUT2D eigenvalue weighted by Crippen LogP contribution is -1.97. The Morgan fingerprint density at radius 2 is 0.827 bits per heavy atom. The van der Waals surface area contributed by atoms with Gasteiger partial charge in [0.2, 0.25) is 0 Å². The van der Waals surface area contributed by atoms with Gasteiger partial charge in [0, 0.05) is 22.9 Å². The molecule has 0 unspecified atom stereocenters. The summed E-state index contributed by atoms with van der Waals surface area (Å²) in [5, 5.41) is 15.3. The van der Waals surface area contributed by atoms with Crippen molar-refractivity contribution >= 4 is 64.6 Å². The molecule has 0 aliphatic rings. The van der Waals surface area contributed by atoms with E-state index < -0.39 is 0 Å². The number of hydrogen-bond acceptors (Lipinski definition) is 3. The molecule has 0 saturated heterocycles. The summed E-state index contributed by atoms with van der Waals surface area (Å²) in [6.45, 7) is 0. The van der Waals surface area contributed by atoms with E-state index in [9.17, 15) is 0 Å². The SMILES string of the molecule is c1ccc(-c2ncc(-c3ccc(-c4cc5ccc6cccc7c8cccc9ccc%10cccc(c(c4)c5c67)c%10c98)cn3)nc2-c2ccccc2)cc1. The highest BCUT2D eigenvalue weighted by Gasteiger charge is 2.17. The van der Waals surface area contributed by atoms with Crippen molar-refractivity contribution in [2.45, 2.75) is 0 Å². The average molecular weight is 660 g/mol. The molecule has 11 rings (SSSR count). The first-order valence-electron chi connectivity index (χ1n) is 17.7. The third kappa shape index (κ3) is 4.36. The Kier molecular flexibility index (Phi) is 6.25. The molecule has 0 amide bonds. The highest BCUT2D eigenvalue weighted by molar-refractivity contribution is 6.37. The zero-order valence-electron chi connectivity index (χ0n) is 28.1. The fourth-order valence-electron chi connectivity index (χ4n) is 8.28. The molecule has 0 saturated carbocycles. The van der Waals surface area contributed by atoms with E-state index in [-0.39, 0.29) is 0 Å². The van der Waals surface area contributed by atoms with Gasteiger partial charge >= 0.3 is 0 Å². The minimum Gasteiger partial charge on any atom is -0.254 e. The Hall–Kier alpha value is -6.97. The van der Waals surface area contributed by atoms with Crippen LogP contribution in [0.1, 0.15) is 0 Å². The fourth-order valence-corrected chi connectivity index (χ4v) is 8.28. The molecule has 0 aliphatic heterocycles. The number of hydrogen-bond donors (Lipinski definition) is 0. The maximum atomic E-state index is 5.15. The molecule has 240 valence electrons. The van der Waals surface area contributed by atoms with Crippen molar-refractivity contribution in [1.29, 1.82) is 0 Å². The van der Waals surface area contributed by atoms with Crippen LogP contribution in [-0.2, 0) is 0 Å². The maximum absolute atomic E-state index is 5.15. The van der Waals surface area contributed by atoms with Gasteiger partial charge in [0.25, 0.3) is 0 Å².